The summed E-state index contributed by atoms with van der Waals surface area (Å²) < 4.78 is 13.8. The minimum Gasteiger partial charge on any atom is -0.310 e. The number of halogens is 1. The number of hydrogen-bond donors (Lipinski definition) is 1. The maximum Gasteiger partial charge on any atom is 0.126 e. The van der Waals surface area contributed by atoms with E-state index in [4.69, 9.17) is 0 Å². The van der Waals surface area contributed by atoms with Gasteiger partial charge in [-0.2, -0.15) is 0 Å². The molecule has 1 aromatic rings. The Morgan fingerprint density at radius 2 is 1.95 bits per heavy atom. The molecule has 1 aliphatic heterocycles. The molecule has 1 fully saturated rings. The summed E-state index contributed by atoms with van der Waals surface area (Å²) in [5, 5.41) is 3.49. The lowest BCUT2D eigenvalue weighted by Gasteiger charge is -2.33. The SMILES string of the molecule is CCNC(CCN1CCN(C)CC1)c1ccc(C)c(F)c1. The van der Waals surface area contributed by atoms with E-state index in [0.717, 1.165) is 51.3 Å². The van der Waals surface area contributed by atoms with E-state index in [1.54, 1.807) is 6.07 Å². The Hall–Kier alpha value is -0.970. The topological polar surface area (TPSA) is 18.5 Å². The number of piperazine rings is 1. The van der Waals surface area contributed by atoms with Gasteiger partial charge in [0.2, 0.25) is 0 Å². The number of nitrogens with one attached hydrogen (secondary N) is 1. The molecular formula is C17H28FN3. The van der Waals surface area contributed by atoms with E-state index in [2.05, 4.69) is 35.2 Å². The molecule has 1 unspecified atom stereocenters. The maximum atomic E-state index is 13.8. The fourth-order valence-electron chi connectivity index (χ4n) is 2.84. The Morgan fingerprint density at radius 3 is 2.57 bits per heavy atom. The van der Waals surface area contributed by atoms with Crippen molar-refractivity contribution in [1.29, 1.82) is 0 Å². The Labute approximate surface area is 128 Å². The molecule has 0 aromatic heterocycles. The highest BCUT2D eigenvalue weighted by atomic mass is 19.1. The summed E-state index contributed by atoms with van der Waals surface area (Å²) in [6.45, 7) is 10.5. The Morgan fingerprint density at radius 1 is 1.24 bits per heavy atom. The van der Waals surface area contributed by atoms with Crippen LogP contribution in [-0.4, -0.2) is 56.1 Å². The van der Waals surface area contributed by atoms with Crippen molar-refractivity contribution < 1.29 is 4.39 Å². The normalized spacial score (nSPS) is 18.9. The lowest BCUT2D eigenvalue weighted by atomic mass is 10.0. The van der Waals surface area contributed by atoms with Gasteiger partial charge in [0, 0.05) is 38.8 Å². The second-order valence-corrected chi connectivity index (χ2v) is 6.05. The van der Waals surface area contributed by atoms with Gasteiger partial charge in [-0.1, -0.05) is 19.1 Å². The molecular weight excluding hydrogens is 265 g/mol. The average Bonchev–Trinajstić information content (AvgIpc) is 2.48. The molecule has 1 saturated heterocycles. The standard InChI is InChI=1S/C17H28FN3/c1-4-19-17(15-6-5-14(2)16(18)13-15)7-8-21-11-9-20(3)10-12-21/h5-6,13,17,19H,4,7-12H2,1-3H3. The van der Waals surface area contributed by atoms with Gasteiger partial charge in [0.15, 0.2) is 0 Å². The number of aryl methyl sites for hydroxylation is 1. The molecule has 0 saturated carbocycles. The summed E-state index contributed by atoms with van der Waals surface area (Å²) in [5.41, 5.74) is 1.78. The predicted molar refractivity (Wildman–Crippen MR) is 86.1 cm³/mol. The van der Waals surface area contributed by atoms with Crippen LogP contribution in [0.5, 0.6) is 0 Å². The van der Waals surface area contributed by atoms with Crippen LogP contribution in [0.1, 0.15) is 30.5 Å². The van der Waals surface area contributed by atoms with E-state index in [0.29, 0.717) is 5.56 Å². The van der Waals surface area contributed by atoms with E-state index >= 15 is 0 Å². The van der Waals surface area contributed by atoms with E-state index in [1.165, 1.54) is 0 Å². The van der Waals surface area contributed by atoms with Crippen LogP contribution in [0.2, 0.25) is 0 Å². The molecule has 118 valence electrons. The van der Waals surface area contributed by atoms with Crippen LogP contribution in [-0.2, 0) is 0 Å². The van der Waals surface area contributed by atoms with Crippen LogP contribution in [0.3, 0.4) is 0 Å². The minimum absolute atomic E-state index is 0.102. The monoisotopic (exact) mass is 293 g/mol. The Kier molecular flexibility index (Phi) is 6.15. The van der Waals surface area contributed by atoms with E-state index in [-0.39, 0.29) is 11.9 Å². The van der Waals surface area contributed by atoms with Crippen molar-refractivity contribution in [2.75, 3.05) is 46.3 Å². The summed E-state index contributed by atoms with van der Waals surface area (Å²) in [7, 11) is 2.17. The highest BCUT2D eigenvalue weighted by Gasteiger charge is 2.17. The molecule has 4 heteroatoms. The van der Waals surface area contributed by atoms with Crippen LogP contribution < -0.4 is 5.32 Å². The van der Waals surface area contributed by atoms with E-state index in [1.807, 2.05) is 13.0 Å². The van der Waals surface area contributed by atoms with Gasteiger partial charge in [0.1, 0.15) is 5.82 Å². The zero-order valence-corrected chi connectivity index (χ0v) is 13.5. The molecule has 1 atom stereocenters. The molecule has 1 aromatic carbocycles. The molecule has 3 nitrogen and oxygen atoms in total. The van der Waals surface area contributed by atoms with Crippen LogP contribution in [0.15, 0.2) is 18.2 Å². The molecule has 0 bridgehead atoms. The molecule has 0 radical (unpaired) electrons. The number of likely N-dealkylation sites (N-methyl/N-ethyl adjacent to an activating group) is 1. The molecule has 2 rings (SSSR count). The van der Waals surface area contributed by atoms with Gasteiger partial charge in [-0.3, -0.25) is 0 Å². The van der Waals surface area contributed by atoms with E-state index in [9.17, 15) is 4.39 Å². The van der Waals surface area contributed by atoms with Gasteiger partial charge < -0.3 is 15.1 Å². The third-order valence-electron chi connectivity index (χ3n) is 4.38. The Bertz CT molecular complexity index is 442. The first-order valence-corrected chi connectivity index (χ1v) is 8.00. The van der Waals surface area contributed by atoms with Crippen molar-refractivity contribution in [3.8, 4) is 0 Å². The van der Waals surface area contributed by atoms with Crippen LogP contribution in [0.4, 0.5) is 4.39 Å². The average molecular weight is 293 g/mol. The van der Waals surface area contributed by atoms with Gasteiger partial charge >= 0.3 is 0 Å². The summed E-state index contributed by atoms with van der Waals surface area (Å²) in [6.07, 6.45) is 1.03. The van der Waals surface area contributed by atoms with Gasteiger partial charge in [-0.25, -0.2) is 4.39 Å². The van der Waals surface area contributed by atoms with Gasteiger partial charge in [0.25, 0.3) is 0 Å². The zero-order chi connectivity index (χ0) is 15.2. The summed E-state index contributed by atoms with van der Waals surface area (Å²) >= 11 is 0. The largest absolute Gasteiger partial charge is 0.310 e. The van der Waals surface area contributed by atoms with Gasteiger partial charge in [-0.05, 0) is 44.1 Å². The first-order valence-electron chi connectivity index (χ1n) is 8.00. The van der Waals surface area contributed by atoms with Crippen molar-refractivity contribution in [2.24, 2.45) is 0 Å². The number of nitrogens with zero attached hydrogens (tertiary/aromatic N) is 2. The second-order valence-electron chi connectivity index (χ2n) is 6.05. The first-order chi connectivity index (χ1) is 10.1. The quantitative estimate of drug-likeness (QED) is 0.869. The summed E-state index contributed by atoms with van der Waals surface area (Å²) in [6, 6.07) is 5.86. The molecule has 0 amide bonds. The predicted octanol–water partition coefficient (Wildman–Crippen LogP) is 2.42. The first kappa shape index (κ1) is 16.4. The van der Waals surface area contributed by atoms with Crippen LogP contribution in [0, 0.1) is 12.7 Å². The third kappa shape index (κ3) is 4.77. The molecule has 1 heterocycles. The smallest absolute Gasteiger partial charge is 0.126 e. The molecule has 0 aliphatic carbocycles. The van der Waals surface area contributed by atoms with Crippen LogP contribution >= 0.6 is 0 Å². The number of rotatable bonds is 6. The summed E-state index contributed by atoms with van der Waals surface area (Å²) in [5.74, 6) is -0.102. The van der Waals surface area contributed by atoms with Crippen molar-refractivity contribution in [3.63, 3.8) is 0 Å². The third-order valence-corrected chi connectivity index (χ3v) is 4.38. The zero-order valence-electron chi connectivity index (χ0n) is 13.5. The van der Waals surface area contributed by atoms with Crippen LogP contribution in [0.25, 0.3) is 0 Å². The van der Waals surface area contributed by atoms with E-state index < -0.39 is 0 Å². The Balaban J connectivity index is 1.93. The molecule has 0 spiro atoms. The minimum atomic E-state index is -0.102. The maximum absolute atomic E-state index is 13.8. The van der Waals surface area contributed by atoms with Crippen molar-refractivity contribution in [3.05, 3.63) is 35.1 Å². The van der Waals surface area contributed by atoms with Crippen molar-refractivity contribution in [1.82, 2.24) is 15.1 Å². The molecule has 1 aliphatic rings. The number of hydrogen-bond acceptors (Lipinski definition) is 3. The van der Waals surface area contributed by atoms with Crippen molar-refractivity contribution >= 4 is 0 Å². The lowest BCUT2D eigenvalue weighted by molar-refractivity contribution is 0.149. The highest BCUT2D eigenvalue weighted by molar-refractivity contribution is 5.25. The molecule has 1 N–H and O–H groups in total. The number of benzene rings is 1. The lowest BCUT2D eigenvalue weighted by Crippen LogP contribution is -2.45. The fraction of sp³-hybridized carbons (Fsp3) is 0.647. The highest BCUT2D eigenvalue weighted by Crippen LogP contribution is 2.20. The molecule has 21 heavy (non-hydrogen) atoms. The van der Waals surface area contributed by atoms with Gasteiger partial charge in [0.05, 0.1) is 0 Å². The second kappa shape index (κ2) is 7.87. The van der Waals surface area contributed by atoms with Crippen molar-refractivity contribution in [2.45, 2.75) is 26.3 Å². The summed E-state index contributed by atoms with van der Waals surface area (Å²) in [4.78, 5) is 4.88. The fourth-order valence-corrected chi connectivity index (χ4v) is 2.84. The van der Waals surface area contributed by atoms with Gasteiger partial charge in [-0.15, -0.1) is 0 Å².